The number of nitrogens with one attached hydrogen (secondary N) is 1. The van der Waals surface area contributed by atoms with Crippen LogP contribution in [0.3, 0.4) is 0 Å². The highest BCUT2D eigenvalue weighted by Gasteiger charge is 1.89. The first-order valence-electron chi connectivity index (χ1n) is 4.09. The van der Waals surface area contributed by atoms with Crippen molar-refractivity contribution in [2.45, 2.75) is 13.3 Å². The van der Waals surface area contributed by atoms with Crippen molar-refractivity contribution in [2.24, 2.45) is 4.99 Å². The lowest BCUT2D eigenvalue weighted by molar-refractivity contribution is -0.491. The van der Waals surface area contributed by atoms with Gasteiger partial charge in [0.2, 0.25) is 0 Å². The maximum absolute atomic E-state index is 4.01. The van der Waals surface area contributed by atoms with E-state index in [9.17, 15) is 0 Å². The zero-order chi connectivity index (χ0) is 8.53. The number of hydrogen-bond donors (Lipinski definition) is 1. The van der Waals surface area contributed by atoms with Crippen LogP contribution in [0.2, 0.25) is 0 Å². The molecule has 0 unspecified atom stereocenters. The second-order valence-corrected chi connectivity index (χ2v) is 2.45. The smallest absolute Gasteiger partial charge is 0.306 e. The van der Waals surface area contributed by atoms with Crippen molar-refractivity contribution in [3.05, 3.63) is 0 Å². The predicted molar refractivity (Wildman–Crippen MR) is 47.6 cm³/mol. The molecule has 64 valence electrons. The van der Waals surface area contributed by atoms with E-state index in [1.165, 1.54) is 0 Å². The van der Waals surface area contributed by atoms with Gasteiger partial charge in [0.15, 0.2) is 0 Å². The van der Waals surface area contributed by atoms with Crippen molar-refractivity contribution in [1.82, 2.24) is 5.32 Å². The van der Waals surface area contributed by atoms with Gasteiger partial charge in [0.05, 0.1) is 13.6 Å². The van der Waals surface area contributed by atoms with Crippen molar-refractivity contribution in [1.29, 1.82) is 0 Å². The molecule has 0 atom stereocenters. The lowest BCUT2D eigenvalue weighted by atomic mass is 10.4. The van der Waals surface area contributed by atoms with E-state index in [1.807, 2.05) is 25.6 Å². The van der Waals surface area contributed by atoms with E-state index in [4.69, 9.17) is 0 Å². The van der Waals surface area contributed by atoms with Crippen molar-refractivity contribution in [2.75, 3.05) is 33.7 Å². The monoisotopic (exact) mass is 156 g/mol. The van der Waals surface area contributed by atoms with Crippen molar-refractivity contribution < 1.29 is 4.58 Å². The van der Waals surface area contributed by atoms with E-state index in [1.54, 1.807) is 0 Å². The van der Waals surface area contributed by atoms with Crippen LogP contribution in [0, 0.1) is 0 Å². The average molecular weight is 156 g/mol. The molecule has 0 spiro atoms. The minimum Gasteiger partial charge on any atom is -0.320 e. The summed E-state index contributed by atoms with van der Waals surface area (Å²) in [5.74, 6) is 0. The topological polar surface area (TPSA) is 27.4 Å². The van der Waals surface area contributed by atoms with Crippen LogP contribution in [-0.2, 0) is 0 Å². The molecule has 0 aliphatic heterocycles. The van der Waals surface area contributed by atoms with E-state index in [0.717, 1.165) is 26.1 Å². The number of rotatable bonds is 5. The van der Waals surface area contributed by atoms with Crippen LogP contribution in [0.4, 0.5) is 0 Å². The Labute approximate surface area is 68.8 Å². The zero-order valence-corrected chi connectivity index (χ0v) is 7.72. The summed E-state index contributed by atoms with van der Waals surface area (Å²) in [6.07, 6.45) is 1.14. The summed E-state index contributed by atoms with van der Waals surface area (Å²) in [7, 11) is 3.96. The summed E-state index contributed by atoms with van der Waals surface area (Å²) in [5.41, 5.74) is 0. The van der Waals surface area contributed by atoms with Gasteiger partial charge in [0.1, 0.15) is 6.54 Å². The molecule has 0 aromatic rings. The third-order valence-electron chi connectivity index (χ3n) is 1.32. The standard InChI is InChI=1S/C8H18N3/c1-4-10-8-11(3)7-5-6-9-2/h9H,4-7H2,1-3H3/q+1. The predicted octanol–water partition coefficient (Wildman–Crippen LogP) is 0.432. The van der Waals surface area contributed by atoms with Gasteiger partial charge in [-0.05, 0) is 31.9 Å². The van der Waals surface area contributed by atoms with Gasteiger partial charge in [-0.2, -0.15) is 0 Å². The van der Waals surface area contributed by atoms with Gasteiger partial charge in [-0.3, -0.25) is 0 Å². The fourth-order valence-corrected chi connectivity index (χ4v) is 0.734. The van der Waals surface area contributed by atoms with Crippen molar-refractivity contribution in [3.8, 4) is 0 Å². The molecule has 0 aromatic carbocycles. The Bertz CT molecular complexity index is 145. The van der Waals surface area contributed by atoms with E-state index in [-0.39, 0.29) is 0 Å². The molecule has 0 saturated carbocycles. The second kappa shape index (κ2) is 7.45. The normalized spacial score (nSPS) is 9.00. The SMILES string of the molecule is CCN=C=[N+](C)CCCNC. The van der Waals surface area contributed by atoms with Crippen LogP contribution in [0.5, 0.6) is 0 Å². The van der Waals surface area contributed by atoms with Crippen molar-refractivity contribution in [3.63, 3.8) is 0 Å². The molecule has 0 bridgehead atoms. The first kappa shape index (κ1) is 10.3. The Morgan fingerprint density at radius 1 is 1.55 bits per heavy atom. The molecule has 3 nitrogen and oxygen atoms in total. The number of aliphatic imine (C=N–C) groups is 1. The Kier molecular flexibility index (Phi) is 7.00. The van der Waals surface area contributed by atoms with Crippen LogP contribution in [0.25, 0.3) is 0 Å². The van der Waals surface area contributed by atoms with E-state index < -0.39 is 0 Å². The van der Waals surface area contributed by atoms with E-state index >= 15 is 0 Å². The maximum atomic E-state index is 4.01. The molecule has 0 amide bonds. The largest absolute Gasteiger partial charge is 0.320 e. The summed E-state index contributed by atoms with van der Waals surface area (Å²) < 4.78 is 1.99. The van der Waals surface area contributed by atoms with E-state index in [2.05, 4.69) is 16.3 Å². The van der Waals surface area contributed by atoms with E-state index in [0.29, 0.717) is 0 Å². The van der Waals surface area contributed by atoms with Gasteiger partial charge in [-0.1, -0.05) is 0 Å². The molecule has 0 aliphatic carbocycles. The molecule has 1 N–H and O–H groups in total. The fraction of sp³-hybridized carbons (Fsp3) is 0.875. The Hall–Kier alpha value is -0.660. The highest BCUT2D eigenvalue weighted by Crippen LogP contribution is 1.75. The zero-order valence-electron chi connectivity index (χ0n) is 7.72. The summed E-state index contributed by atoms with van der Waals surface area (Å²) in [6.45, 7) is 4.90. The minimum absolute atomic E-state index is 0.816. The molecule has 0 rings (SSSR count). The van der Waals surface area contributed by atoms with Crippen LogP contribution < -0.4 is 5.32 Å². The summed E-state index contributed by atoms with van der Waals surface area (Å²) in [5, 5.41) is 3.09. The molecule has 3 heteroatoms. The van der Waals surface area contributed by atoms with Crippen LogP contribution in [-0.4, -0.2) is 44.3 Å². The quantitative estimate of drug-likeness (QED) is 0.349. The summed E-state index contributed by atoms with van der Waals surface area (Å²) in [4.78, 5) is 4.01. The lowest BCUT2D eigenvalue weighted by Gasteiger charge is -1.95. The molecule has 0 aromatic heterocycles. The van der Waals surface area contributed by atoms with Gasteiger partial charge in [-0.25, -0.2) is 4.58 Å². The Morgan fingerprint density at radius 2 is 2.27 bits per heavy atom. The fourth-order valence-electron chi connectivity index (χ4n) is 0.734. The first-order chi connectivity index (χ1) is 5.31. The third kappa shape index (κ3) is 7.23. The molecule has 0 saturated heterocycles. The molecule has 0 radical (unpaired) electrons. The number of nitrogens with zero attached hydrogens (tertiary/aromatic N) is 2. The average Bonchev–Trinajstić information content (AvgIpc) is 2.01. The van der Waals surface area contributed by atoms with Crippen molar-refractivity contribution >= 4 is 6.01 Å². The Balaban J connectivity index is 3.51. The van der Waals surface area contributed by atoms with Gasteiger partial charge in [0, 0.05) is 0 Å². The van der Waals surface area contributed by atoms with Crippen LogP contribution in [0.1, 0.15) is 13.3 Å². The summed E-state index contributed by atoms with van der Waals surface area (Å²) in [6, 6.07) is 2.92. The van der Waals surface area contributed by atoms with Gasteiger partial charge in [0.25, 0.3) is 0 Å². The number of hydrogen-bond acceptors (Lipinski definition) is 2. The molecular weight excluding hydrogens is 138 g/mol. The molecule has 0 fully saturated rings. The molecule has 0 aliphatic rings. The lowest BCUT2D eigenvalue weighted by Crippen LogP contribution is -2.14. The van der Waals surface area contributed by atoms with Gasteiger partial charge >= 0.3 is 6.01 Å². The minimum atomic E-state index is 0.816. The maximum Gasteiger partial charge on any atom is 0.306 e. The van der Waals surface area contributed by atoms with Crippen LogP contribution >= 0.6 is 0 Å². The molecular formula is C8H18N3+. The Morgan fingerprint density at radius 3 is 2.82 bits per heavy atom. The third-order valence-corrected chi connectivity index (χ3v) is 1.32. The first-order valence-corrected chi connectivity index (χ1v) is 4.09. The molecule has 11 heavy (non-hydrogen) atoms. The highest BCUT2D eigenvalue weighted by atomic mass is 15.0. The summed E-state index contributed by atoms with van der Waals surface area (Å²) >= 11 is 0. The second-order valence-electron chi connectivity index (χ2n) is 2.45. The molecule has 0 heterocycles. The van der Waals surface area contributed by atoms with Gasteiger partial charge < -0.3 is 5.32 Å². The van der Waals surface area contributed by atoms with Gasteiger partial charge in [-0.15, -0.1) is 0 Å². The van der Waals surface area contributed by atoms with Crippen LogP contribution in [0.15, 0.2) is 4.99 Å². The highest BCUT2D eigenvalue weighted by molar-refractivity contribution is 5.33.